The van der Waals surface area contributed by atoms with Crippen molar-refractivity contribution < 1.29 is 20.1 Å². The van der Waals surface area contributed by atoms with Crippen LogP contribution >= 0.6 is 0 Å². The third kappa shape index (κ3) is 37.0. The minimum atomic E-state index is -1.10. The van der Waals surface area contributed by atoms with Crippen LogP contribution in [0.3, 0.4) is 0 Å². The van der Waals surface area contributed by atoms with Crippen molar-refractivity contribution in [1.29, 1.82) is 0 Å². The lowest BCUT2D eigenvalue weighted by Gasteiger charge is -2.21. The molecule has 0 heterocycles. The molecule has 5 nitrogen and oxygen atoms in total. The molecule has 3 atom stereocenters. The summed E-state index contributed by atoms with van der Waals surface area (Å²) in [6.07, 6.45) is 50.7. The summed E-state index contributed by atoms with van der Waals surface area (Å²) < 4.78 is 0. The first-order valence-corrected chi connectivity index (χ1v) is 22.7. The zero-order chi connectivity index (χ0) is 37.3. The second kappa shape index (κ2) is 41.6. The molecular formula is C46H89NO4. The number of carbonyl (C=O) groups is 1. The van der Waals surface area contributed by atoms with Crippen LogP contribution in [0.25, 0.3) is 0 Å². The van der Waals surface area contributed by atoms with Crippen LogP contribution in [-0.4, -0.2) is 46.1 Å². The van der Waals surface area contributed by atoms with Gasteiger partial charge in [-0.15, -0.1) is 0 Å². The molecule has 0 spiro atoms. The highest BCUT2D eigenvalue weighted by atomic mass is 16.3. The Balaban J connectivity index is 3.65. The highest BCUT2D eigenvalue weighted by Crippen LogP contribution is 2.16. The molecule has 0 saturated carbocycles. The highest BCUT2D eigenvalue weighted by molar-refractivity contribution is 5.80. The summed E-state index contributed by atoms with van der Waals surface area (Å²) in [5.74, 6) is -0.506. The Hall–Kier alpha value is -1.17. The van der Waals surface area contributed by atoms with E-state index in [0.29, 0.717) is 6.42 Å². The fourth-order valence-corrected chi connectivity index (χ4v) is 6.94. The molecule has 0 aliphatic rings. The number of amides is 1. The molecule has 1 amide bonds. The van der Waals surface area contributed by atoms with Crippen LogP contribution in [0.15, 0.2) is 24.3 Å². The van der Waals surface area contributed by atoms with Crippen molar-refractivity contribution in [1.82, 2.24) is 5.32 Å². The maximum Gasteiger partial charge on any atom is 0.249 e. The third-order valence-electron chi connectivity index (χ3n) is 10.5. The molecule has 0 radical (unpaired) electrons. The van der Waals surface area contributed by atoms with Crippen LogP contribution in [0.1, 0.15) is 239 Å². The standard InChI is InChI=1S/C46H89NO4/c1-3-5-7-9-11-13-15-17-19-21-22-23-24-25-27-28-30-32-34-36-38-40-44(49)43(42-48)47-46(51)45(50)41-39-37-35-33-31-29-26-20-18-16-14-12-10-8-6-4-2/h18,20,38,40,43-45,48-50H,3-17,19,21-37,39,41-42H2,1-2H3,(H,47,51)/b20-18-,40-38+. The zero-order valence-corrected chi connectivity index (χ0v) is 34.2. The Labute approximate surface area is 318 Å². The van der Waals surface area contributed by atoms with Gasteiger partial charge in [-0.2, -0.15) is 0 Å². The molecule has 4 N–H and O–H groups in total. The number of carbonyl (C=O) groups excluding carboxylic acids is 1. The largest absolute Gasteiger partial charge is 0.394 e. The van der Waals surface area contributed by atoms with E-state index in [4.69, 9.17) is 0 Å². The van der Waals surface area contributed by atoms with Gasteiger partial charge in [0.05, 0.1) is 18.8 Å². The van der Waals surface area contributed by atoms with E-state index in [0.717, 1.165) is 32.1 Å². The average Bonchev–Trinajstić information content (AvgIpc) is 3.13. The Kier molecular flexibility index (Phi) is 40.6. The van der Waals surface area contributed by atoms with Crippen molar-refractivity contribution in [3.63, 3.8) is 0 Å². The minimum Gasteiger partial charge on any atom is -0.394 e. The van der Waals surface area contributed by atoms with E-state index in [2.05, 4.69) is 31.3 Å². The van der Waals surface area contributed by atoms with Gasteiger partial charge >= 0.3 is 0 Å². The molecule has 0 aromatic heterocycles. The summed E-state index contributed by atoms with van der Waals surface area (Å²) in [6, 6.07) is -0.798. The Morgan fingerprint density at radius 3 is 1.14 bits per heavy atom. The maximum absolute atomic E-state index is 12.5. The van der Waals surface area contributed by atoms with Gasteiger partial charge in [0, 0.05) is 0 Å². The molecule has 0 aliphatic heterocycles. The minimum absolute atomic E-state index is 0.364. The normalized spacial score (nSPS) is 13.7. The molecule has 3 unspecified atom stereocenters. The van der Waals surface area contributed by atoms with Crippen LogP contribution < -0.4 is 5.32 Å². The van der Waals surface area contributed by atoms with Crippen LogP contribution in [0, 0.1) is 0 Å². The zero-order valence-electron chi connectivity index (χ0n) is 34.2. The predicted octanol–water partition coefficient (Wildman–Crippen LogP) is 13.0. The summed E-state index contributed by atoms with van der Waals surface area (Å²) in [5.41, 5.74) is 0. The Morgan fingerprint density at radius 2 is 0.784 bits per heavy atom. The molecule has 0 bridgehead atoms. The smallest absolute Gasteiger partial charge is 0.249 e. The quantitative estimate of drug-likeness (QED) is 0.0374. The van der Waals surface area contributed by atoms with E-state index in [1.807, 2.05) is 6.08 Å². The van der Waals surface area contributed by atoms with E-state index in [-0.39, 0.29) is 6.61 Å². The lowest BCUT2D eigenvalue weighted by atomic mass is 10.0. The van der Waals surface area contributed by atoms with Crippen LogP contribution in [0.4, 0.5) is 0 Å². The van der Waals surface area contributed by atoms with E-state index in [9.17, 15) is 20.1 Å². The lowest BCUT2D eigenvalue weighted by molar-refractivity contribution is -0.131. The molecule has 0 aliphatic carbocycles. The summed E-state index contributed by atoms with van der Waals surface area (Å²) in [7, 11) is 0. The SMILES string of the molecule is CCCCCCCC/C=C\CCCCCCCCC(O)C(=O)NC(CO)C(O)/C=C/CCCCCCCCCCCCCCCCCCCCC. The molecule has 5 heteroatoms. The number of allylic oxidation sites excluding steroid dienone is 3. The lowest BCUT2D eigenvalue weighted by Crippen LogP contribution is -2.48. The first-order chi connectivity index (χ1) is 25.1. The monoisotopic (exact) mass is 720 g/mol. The van der Waals surface area contributed by atoms with Crippen LogP contribution in [0.2, 0.25) is 0 Å². The van der Waals surface area contributed by atoms with Crippen molar-refractivity contribution in [2.75, 3.05) is 6.61 Å². The molecule has 0 fully saturated rings. The third-order valence-corrected chi connectivity index (χ3v) is 10.5. The van der Waals surface area contributed by atoms with Gasteiger partial charge in [-0.05, 0) is 44.9 Å². The molecule has 0 aromatic rings. The van der Waals surface area contributed by atoms with E-state index in [1.54, 1.807) is 6.08 Å². The first-order valence-electron chi connectivity index (χ1n) is 22.7. The van der Waals surface area contributed by atoms with Gasteiger partial charge in [0.25, 0.3) is 0 Å². The first kappa shape index (κ1) is 49.8. The molecule has 0 saturated heterocycles. The summed E-state index contributed by atoms with van der Waals surface area (Å²) in [6.45, 7) is 4.18. The average molecular weight is 720 g/mol. The van der Waals surface area contributed by atoms with Crippen molar-refractivity contribution >= 4 is 5.91 Å². The number of nitrogens with one attached hydrogen (secondary N) is 1. The van der Waals surface area contributed by atoms with Gasteiger partial charge in [0.1, 0.15) is 6.10 Å². The Morgan fingerprint density at radius 1 is 0.471 bits per heavy atom. The summed E-state index contributed by atoms with van der Waals surface area (Å²) in [4.78, 5) is 12.5. The fraction of sp³-hybridized carbons (Fsp3) is 0.891. The molecule has 0 aromatic carbocycles. The number of aliphatic hydroxyl groups excluding tert-OH is 3. The second-order valence-corrected chi connectivity index (χ2v) is 15.6. The number of aliphatic hydroxyl groups is 3. The highest BCUT2D eigenvalue weighted by Gasteiger charge is 2.22. The van der Waals surface area contributed by atoms with E-state index in [1.165, 1.54) is 186 Å². The molecular weight excluding hydrogens is 631 g/mol. The van der Waals surface area contributed by atoms with E-state index < -0.39 is 24.2 Å². The van der Waals surface area contributed by atoms with Gasteiger partial charge in [-0.3, -0.25) is 4.79 Å². The molecule has 0 rings (SSSR count). The number of hydrogen-bond acceptors (Lipinski definition) is 4. The topological polar surface area (TPSA) is 89.8 Å². The van der Waals surface area contributed by atoms with Gasteiger partial charge in [0.15, 0.2) is 0 Å². The fourth-order valence-electron chi connectivity index (χ4n) is 6.94. The van der Waals surface area contributed by atoms with Crippen molar-refractivity contribution in [2.45, 2.75) is 257 Å². The van der Waals surface area contributed by atoms with Gasteiger partial charge in [-0.1, -0.05) is 218 Å². The number of hydrogen-bond donors (Lipinski definition) is 4. The predicted molar refractivity (Wildman–Crippen MR) is 222 cm³/mol. The number of unbranched alkanes of at least 4 members (excludes halogenated alkanes) is 31. The second-order valence-electron chi connectivity index (χ2n) is 15.6. The van der Waals surface area contributed by atoms with Gasteiger partial charge in [-0.25, -0.2) is 0 Å². The summed E-state index contributed by atoms with van der Waals surface area (Å²) in [5, 5.41) is 33.2. The maximum atomic E-state index is 12.5. The van der Waals surface area contributed by atoms with E-state index >= 15 is 0 Å². The van der Waals surface area contributed by atoms with Crippen molar-refractivity contribution in [2.24, 2.45) is 0 Å². The van der Waals surface area contributed by atoms with Crippen molar-refractivity contribution in [3.05, 3.63) is 24.3 Å². The summed E-state index contributed by atoms with van der Waals surface area (Å²) >= 11 is 0. The van der Waals surface area contributed by atoms with Gasteiger partial charge in [0.2, 0.25) is 5.91 Å². The number of rotatable bonds is 41. The molecule has 302 valence electrons. The van der Waals surface area contributed by atoms with Crippen LogP contribution in [0.5, 0.6) is 0 Å². The Bertz CT molecular complexity index is 754. The molecule has 51 heavy (non-hydrogen) atoms. The van der Waals surface area contributed by atoms with Gasteiger partial charge < -0.3 is 20.6 Å². The van der Waals surface area contributed by atoms with Crippen molar-refractivity contribution in [3.8, 4) is 0 Å². The van der Waals surface area contributed by atoms with Crippen LogP contribution in [-0.2, 0) is 4.79 Å².